The number of aliphatic carboxylic acids is 1. The molecule has 6 unspecified atom stereocenters. The number of ether oxygens (including phenoxy) is 3. The van der Waals surface area contributed by atoms with Gasteiger partial charge >= 0.3 is 11.9 Å². The zero-order valence-corrected chi connectivity index (χ0v) is 23.1. The van der Waals surface area contributed by atoms with Crippen molar-refractivity contribution in [3.63, 3.8) is 0 Å². The minimum atomic E-state index is -1.82. The second-order valence-corrected chi connectivity index (χ2v) is 11.6. The third-order valence-corrected chi connectivity index (χ3v) is 9.41. The van der Waals surface area contributed by atoms with Gasteiger partial charge in [0.25, 0.3) is 0 Å². The van der Waals surface area contributed by atoms with E-state index in [9.17, 15) is 39.6 Å². The van der Waals surface area contributed by atoms with Crippen molar-refractivity contribution in [3.8, 4) is 23.0 Å². The van der Waals surface area contributed by atoms with Crippen molar-refractivity contribution in [2.45, 2.75) is 36.9 Å². The third kappa shape index (κ3) is 3.98. The minimum absolute atomic E-state index is 0.0634. The van der Waals surface area contributed by atoms with Crippen molar-refractivity contribution < 1.29 is 53.8 Å². The SMILES string of the molecule is C=C(COC(=O)C1CCC(C(=C)CO)C12Oc1ccc(O)cc1C2=O)C1CCC(C(=O)O)C12Oc1ccc(O)cc1C2=O. The lowest BCUT2D eigenvalue weighted by atomic mass is 9.76. The van der Waals surface area contributed by atoms with Gasteiger partial charge in [0.15, 0.2) is 11.2 Å². The Morgan fingerprint density at radius 1 is 0.791 bits per heavy atom. The number of aromatic hydroxyl groups is 2. The molecule has 2 spiro atoms. The van der Waals surface area contributed by atoms with Gasteiger partial charge in [-0.3, -0.25) is 19.2 Å². The van der Waals surface area contributed by atoms with Crippen LogP contribution in [0.3, 0.4) is 0 Å². The van der Waals surface area contributed by atoms with Crippen LogP contribution in [0, 0.1) is 23.7 Å². The average Bonchev–Trinajstić information content (AvgIpc) is 3.70. The summed E-state index contributed by atoms with van der Waals surface area (Å²) in [4.78, 5) is 53.4. The van der Waals surface area contributed by atoms with Gasteiger partial charge in [-0.1, -0.05) is 13.2 Å². The number of carbonyl (C=O) groups is 4. The van der Waals surface area contributed by atoms with Gasteiger partial charge in [0, 0.05) is 11.8 Å². The maximum absolute atomic E-state index is 13.8. The van der Waals surface area contributed by atoms with E-state index < -0.39 is 65.0 Å². The minimum Gasteiger partial charge on any atom is -0.508 e. The molecule has 0 saturated heterocycles. The first-order valence-corrected chi connectivity index (χ1v) is 13.9. The lowest BCUT2D eigenvalue weighted by molar-refractivity contribution is -0.153. The van der Waals surface area contributed by atoms with E-state index in [-0.39, 0.29) is 65.6 Å². The number of carboxylic acid groups (broad SMARTS) is 1. The van der Waals surface area contributed by atoms with Gasteiger partial charge < -0.3 is 34.6 Å². The molecule has 4 N–H and O–H groups in total. The topological polar surface area (TPSA) is 177 Å². The number of esters is 1. The molecule has 2 aliphatic carbocycles. The summed E-state index contributed by atoms with van der Waals surface area (Å²) in [6, 6.07) is 8.04. The number of carboxylic acids is 1. The number of rotatable bonds is 7. The van der Waals surface area contributed by atoms with E-state index in [0.717, 1.165) is 0 Å². The lowest BCUT2D eigenvalue weighted by Crippen LogP contribution is -2.53. The van der Waals surface area contributed by atoms with Crippen LogP contribution in [0.25, 0.3) is 0 Å². The van der Waals surface area contributed by atoms with Crippen LogP contribution < -0.4 is 9.47 Å². The van der Waals surface area contributed by atoms with E-state index >= 15 is 0 Å². The first-order chi connectivity index (χ1) is 20.4. The van der Waals surface area contributed by atoms with E-state index in [4.69, 9.17) is 14.2 Å². The molecule has 0 radical (unpaired) electrons. The number of hydrogen-bond acceptors (Lipinski definition) is 10. The average molecular weight is 591 g/mol. The Balaban J connectivity index is 1.25. The molecule has 2 aromatic rings. The van der Waals surface area contributed by atoms with Gasteiger partial charge in [-0.15, -0.1) is 0 Å². The Morgan fingerprint density at radius 3 is 1.77 bits per heavy atom. The maximum Gasteiger partial charge on any atom is 0.313 e. The second kappa shape index (κ2) is 9.98. The van der Waals surface area contributed by atoms with Gasteiger partial charge in [-0.05, 0) is 73.2 Å². The van der Waals surface area contributed by atoms with Crippen molar-refractivity contribution >= 4 is 23.5 Å². The summed E-state index contributed by atoms with van der Waals surface area (Å²) in [7, 11) is 0. The zero-order valence-electron chi connectivity index (χ0n) is 23.1. The summed E-state index contributed by atoms with van der Waals surface area (Å²) >= 11 is 0. The maximum atomic E-state index is 13.8. The first kappa shape index (κ1) is 28.5. The zero-order chi connectivity index (χ0) is 30.8. The number of phenols is 2. The van der Waals surface area contributed by atoms with E-state index in [2.05, 4.69) is 13.2 Å². The number of aliphatic hydroxyl groups excluding tert-OH is 1. The molecule has 4 aliphatic rings. The number of benzene rings is 2. The van der Waals surface area contributed by atoms with Gasteiger partial charge in [-0.25, -0.2) is 0 Å². The van der Waals surface area contributed by atoms with Gasteiger partial charge in [0.05, 0.1) is 17.7 Å². The van der Waals surface area contributed by atoms with Crippen LogP contribution in [-0.4, -0.2) is 68.3 Å². The van der Waals surface area contributed by atoms with Crippen LogP contribution in [0.4, 0.5) is 0 Å². The number of aliphatic hydroxyl groups is 1. The largest absolute Gasteiger partial charge is 0.508 e. The van der Waals surface area contributed by atoms with Crippen molar-refractivity contribution in [3.05, 3.63) is 71.8 Å². The molecule has 224 valence electrons. The number of ketones is 2. The Kier molecular flexibility index (Phi) is 6.61. The molecule has 2 heterocycles. The highest BCUT2D eigenvalue weighted by atomic mass is 16.5. The van der Waals surface area contributed by atoms with Crippen molar-refractivity contribution in [1.82, 2.24) is 0 Å². The summed E-state index contributed by atoms with van der Waals surface area (Å²) in [5.74, 6) is -6.89. The summed E-state index contributed by atoms with van der Waals surface area (Å²) in [5, 5.41) is 39.7. The van der Waals surface area contributed by atoms with Crippen molar-refractivity contribution in [2.24, 2.45) is 23.7 Å². The number of hydrogen-bond donors (Lipinski definition) is 4. The molecule has 11 heteroatoms. The van der Waals surface area contributed by atoms with Crippen LogP contribution in [0.1, 0.15) is 46.4 Å². The normalized spacial score (nSPS) is 30.2. The van der Waals surface area contributed by atoms with Crippen LogP contribution >= 0.6 is 0 Å². The monoisotopic (exact) mass is 590 g/mol. The molecular weight excluding hydrogens is 560 g/mol. The molecule has 6 rings (SSSR count). The van der Waals surface area contributed by atoms with Gasteiger partial charge in [0.2, 0.25) is 11.6 Å². The van der Waals surface area contributed by atoms with Crippen molar-refractivity contribution in [1.29, 1.82) is 0 Å². The lowest BCUT2D eigenvalue weighted by Gasteiger charge is -2.35. The Labute approximate surface area is 246 Å². The highest BCUT2D eigenvalue weighted by Crippen LogP contribution is 2.55. The Morgan fingerprint density at radius 2 is 1.26 bits per heavy atom. The fourth-order valence-corrected chi connectivity index (χ4v) is 7.46. The molecule has 0 amide bonds. The molecular formula is C32H30O11. The molecule has 11 nitrogen and oxygen atoms in total. The number of carbonyl (C=O) groups excluding carboxylic acids is 3. The van der Waals surface area contributed by atoms with E-state index in [1.165, 1.54) is 36.4 Å². The van der Waals surface area contributed by atoms with Crippen LogP contribution in [0.5, 0.6) is 23.0 Å². The van der Waals surface area contributed by atoms with Gasteiger partial charge in [-0.2, -0.15) is 0 Å². The molecule has 2 fully saturated rings. The molecule has 2 saturated carbocycles. The molecule has 6 atom stereocenters. The van der Waals surface area contributed by atoms with E-state index in [0.29, 0.717) is 12.0 Å². The number of phenolic OH excluding ortho intramolecular Hbond substituents is 2. The highest BCUT2D eigenvalue weighted by Gasteiger charge is 2.66. The molecule has 2 aliphatic heterocycles. The van der Waals surface area contributed by atoms with E-state index in [1.807, 2.05) is 0 Å². The summed E-state index contributed by atoms with van der Waals surface area (Å²) in [6.45, 7) is 7.13. The number of fused-ring (bicyclic) bond motifs is 2. The molecule has 0 aromatic heterocycles. The summed E-state index contributed by atoms with van der Waals surface area (Å²) < 4.78 is 17.9. The first-order valence-electron chi connectivity index (χ1n) is 13.9. The van der Waals surface area contributed by atoms with Gasteiger partial charge in [0.1, 0.15) is 41.4 Å². The predicted octanol–water partition coefficient (Wildman–Crippen LogP) is 3.21. The second-order valence-electron chi connectivity index (χ2n) is 11.6. The van der Waals surface area contributed by atoms with Crippen molar-refractivity contribution in [2.75, 3.05) is 13.2 Å². The smallest absolute Gasteiger partial charge is 0.313 e. The highest BCUT2D eigenvalue weighted by molar-refractivity contribution is 6.11. The fourth-order valence-electron chi connectivity index (χ4n) is 7.46. The van der Waals surface area contributed by atoms with Crippen LogP contribution in [0.15, 0.2) is 60.7 Å². The number of Topliss-reactive ketones (excluding diaryl/α,β-unsaturated/α-hetero) is 2. The summed E-state index contributed by atoms with van der Waals surface area (Å²) in [6.07, 6.45) is 0.842. The predicted molar refractivity (Wildman–Crippen MR) is 148 cm³/mol. The fraction of sp³-hybridized carbons (Fsp3) is 0.375. The standard InChI is InChI=1S/C32H30O11/c1-15(13-33)21-6-8-24(32(21)28(37)20-12-18(35)4-10-26(20)43-32)30(40)41-14-16(2)22-5-7-23(29(38)39)31(22)27(36)19-11-17(34)3-9-25(19)42-31/h3-4,9-12,21-24,33-35H,1-2,5-8,13-14H2,(H,38,39). The van der Waals surface area contributed by atoms with E-state index in [1.54, 1.807) is 0 Å². The molecule has 43 heavy (non-hydrogen) atoms. The Bertz CT molecular complexity index is 1610. The van der Waals surface area contributed by atoms with Crippen LogP contribution in [-0.2, 0) is 14.3 Å². The molecule has 0 bridgehead atoms. The Hall–Kier alpha value is -4.64. The van der Waals surface area contributed by atoms with Crippen LogP contribution in [0.2, 0.25) is 0 Å². The quantitative estimate of drug-likeness (QED) is 0.275. The molecule has 2 aromatic carbocycles. The summed E-state index contributed by atoms with van der Waals surface area (Å²) in [5.41, 5.74) is -2.80. The third-order valence-electron chi connectivity index (χ3n) is 9.41.